The molecule has 1 rings (SSSR count). The normalized spacial score (nSPS) is 18.0. The van der Waals surface area contributed by atoms with Gasteiger partial charge in [-0.05, 0) is 6.42 Å². The summed E-state index contributed by atoms with van der Waals surface area (Å²) in [6, 6.07) is 0. The van der Waals surface area contributed by atoms with Crippen LogP contribution in [-0.2, 0) is 4.79 Å². The molecule has 1 aliphatic rings. The van der Waals surface area contributed by atoms with E-state index in [0.29, 0.717) is 0 Å². The summed E-state index contributed by atoms with van der Waals surface area (Å²) in [5.41, 5.74) is 0. The van der Waals surface area contributed by atoms with E-state index >= 15 is 0 Å². The van der Waals surface area contributed by atoms with Gasteiger partial charge >= 0.3 is 0 Å². The fourth-order valence-electron chi connectivity index (χ4n) is 0.565. The minimum Gasteiger partial charge on any atom is -0.356 e. The molecule has 36 valence electrons. The first-order valence-electron chi connectivity index (χ1n) is 2.16. The van der Waals surface area contributed by atoms with Crippen molar-refractivity contribution in [3.8, 4) is 0 Å². The average Bonchev–Trinajstić information content (AvgIpc) is 1.86. The predicted molar refractivity (Wildman–Crippen MR) is 28.0 cm³/mol. The molecule has 2 radical (unpaired) electrons. The van der Waals surface area contributed by atoms with E-state index in [4.69, 9.17) is 0 Å². The second-order valence-corrected chi connectivity index (χ2v) is 1.45. The molecule has 0 bridgehead atoms. The van der Waals surface area contributed by atoms with Gasteiger partial charge < -0.3 is 5.32 Å². The van der Waals surface area contributed by atoms with Gasteiger partial charge in [0.1, 0.15) is 0 Å². The van der Waals surface area contributed by atoms with Crippen LogP contribution in [0, 0.1) is 0 Å². The minimum atomic E-state index is 0. The maximum Gasteiger partial charge on any atom is 0.220 e. The van der Waals surface area contributed by atoms with Crippen LogP contribution in [0.15, 0.2) is 0 Å². The fourth-order valence-corrected chi connectivity index (χ4v) is 0.565. The zero-order valence-electron chi connectivity index (χ0n) is 4.24. The van der Waals surface area contributed by atoms with Crippen molar-refractivity contribution in [2.24, 2.45) is 0 Å². The van der Waals surface area contributed by atoms with E-state index in [1.807, 2.05) is 0 Å². The average molecular weight is 222 g/mol. The molecule has 1 amide bonds. The van der Waals surface area contributed by atoms with Crippen LogP contribution in [0.1, 0.15) is 12.8 Å². The Bertz CT molecular complexity index is 66.1. The van der Waals surface area contributed by atoms with Crippen molar-refractivity contribution >= 4 is 54.8 Å². The van der Waals surface area contributed by atoms with Crippen LogP contribution < -0.4 is 5.32 Å². The summed E-state index contributed by atoms with van der Waals surface area (Å²) < 4.78 is 0. The van der Waals surface area contributed by atoms with E-state index in [1.165, 1.54) is 0 Å². The topological polar surface area (TPSA) is 29.1 Å². The third kappa shape index (κ3) is 2.77. The van der Waals surface area contributed by atoms with Gasteiger partial charge in [0.2, 0.25) is 5.91 Å². The molecule has 2 nitrogen and oxygen atoms in total. The van der Waals surface area contributed by atoms with Crippen LogP contribution in [0.4, 0.5) is 0 Å². The Kier molecular flexibility index (Phi) is 4.57. The quantitative estimate of drug-likeness (QED) is 0.551. The van der Waals surface area contributed by atoms with Crippen LogP contribution >= 0.6 is 0 Å². The summed E-state index contributed by atoms with van der Waals surface area (Å²) >= 11 is 0. The Balaban J connectivity index is 0.000000360. The molecule has 0 aromatic heterocycles. The molecule has 1 N–H and O–H groups in total. The van der Waals surface area contributed by atoms with Crippen molar-refractivity contribution in [1.29, 1.82) is 0 Å². The van der Waals surface area contributed by atoms with Crippen molar-refractivity contribution in [3.05, 3.63) is 0 Å². The first kappa shape index (κ1) is 8.04. The number of hydrogen-bond donors (Lipinski definition) is 1. The number of carbonyl (C=O) groups is 1. The molecule has 0 aromatic rings. The molecule has 1 heterocycles. The van der Waals surface area contributed by atoms with Gasteiger partial charge in [0.05, 0.1) is 0 Å². The molecule has 1 saturated heterocycles. The molecule has 1 fully saturated rings. The van der Waals surface area contributed by atoms with E-state index in [2.05, 4.69) is 5.32 Å². The van der Waals surface area contributed by atoms with Crippen molar-refractivity contribution in [2.45, 2.75) is 12.8 Å². The zero-order valence-corrected chi connectivity index (χ0v) is 8.68. The van der Waals surface area contributed by atoms with Gasteiger partial charge in [-0.2, -0.15) is 0 Å². The molecular weight excluding hydrogens is 215 g/mol. The smallest absolute Gasteiger partial charge is 0.220 e. The first-order valence-corrected chi connectivity index (χ1v) is 2.16. The molecule has 7 heavy (non-hydrogen) atoms. The zero-order chi connectivity index (χ0) is 4.41. The Morgan fingerprint density at radius 3 is 2.43 bits per heavy atom. The second kappa shape index (κ2) is 3.97. The van der Waals surface area contributed by atoms with E-state index in [9.17, 15) is 4.79 Å². The van der Waals surface area contributed by atoms with Crippen molar-refractivity contribution in [1.82, 2.24) is 5.32 Å². The van der Waals surface area contributed by atoms with Crippen molar-refractivity contribution < 1.29 is 4.79 Å². The number of amides is 1. The summed E-state index contributed by atoms with van der Waals surface area (Å²) in [4.78, 5) is 10.1. The minimum absolute atomic E-state index is 0. The molecule has 0 unspecified atom stereocenters. The van der Waals surface area contributed by atoms with Gasteiger partial charge in [-0.3, -0.25) is 4.79 Å². The van der Waals surface area contributed by atoms with E-state index in [1.54, 1.807) is 0 Å². The Hall–Kier alpha value is 1.04. The molecule has 1 aliphatic heterocycles. The molecule has 3 heteroatoms. The summed E-state index contributed by atoms with van der Waals surface area (Å²) in [6.45, 7) is 0.888. The fraction of sp³-hybridized carbons (Fsp3) is 0.750. The third-order valence-electron chi connectivity index (χ3n) is 0.903. The standard InChI is InChI=1S/C4H7NO.Ba/c6-4-2-1-3-5-4;/h1-3H2,(H,5,6);. The summed E-state index contributed by atoms with van der Waals surface area (Å²) in [7, 11) is 0. The maximum atomic E-state index is 10.1. The van der Waals surface area contributed by atoms with Crippen LogP contribution in [-0.4, -0.2) is 61.3 Å². The molecule has 0 saturated carbocycles. The number of rotatable bonds is 0. The van der Waals surface area contributed by atoms with E-state index in [0.717, 1.165) is 19.4 Å². The predicted octanol–water partition coefficient (Wildman–Crippen LogP) is -0.484. The van der Waals surface area contributed by atoms with Crippen LogP contribution in [0.3, 0.4) is 0 Å². The first-order chi connectivity index (χ1) is 2.89. The Labute approximate surface area is 83.1 Å². The Morgan fingerprint density at radius 1 is 1.57 bits per heavy atom. The van der Waals surface area contributed by atoms with E-state index in [-0.39, 0.29) is 54.8 Å². The van der Waals surface area contributed by atoms with Gasteiger partial charge in [0.25, 0.3) is 0 Å². The van der Waals surface area contributed by atoms with Crippen molar-refractivity contribution in [2.75, 3.05) is 6.54 Å². The van der Waals surface area contributed by atoms with Gasteiger partial charge in [0, 0.05) is 61.8 Å². The molecular formula is C4H7BaNO. The van der Waals surface area contributed by atoms with Crippen LogP contribution in [0.5, 0.6) is 0 Å². The Morgan fingerprint density at radius 2 is 2.29 bits per heavy atom. The van der Waals surface area contributed by atoms with E-state index < -0.39 is 0 Å². The number of nitrogens with one attached hydrogen (secondary N) is 1. The summed E-state index contributed by atoms with van der Waals surface area (Å²) in [5.74, 6) is 0.204. The van der Waals surface area contributed by atoms with Crippen LogP contribution in [0.2, 0.25) is 0 Å². The molecule has 0 aliphatic carbocycles. The van der Waals surface area contributed by atoms with Crippen LogP contribution in [0.25, 0.3) is 0 Å². The molecule has 0 spiro atoms. The third-order valence-corrected chi connectivity index (χ3v) is 0.903. The SMILES string of the molecule is O=C1CCCN1.[Ba]. The molecule has 0 atom stereocenters. The monoisotopic (exact) mass is 223 g/mol. The molecule has 0 aromatic carbocycles. The number of carbonyl (C=O) groups excluding carboxylic acids is 1. The van der Waals surface area contributed by atoms with Crippen molar-refractivity contribution in [3.63, 3.8) is 0 Å². The second-order valence-electron chi connectivity index (χ2n) is 1.45. The summed E-state index contributed by atoms with van der Waals surface area (Å²) in [6.07, 6.45) is 1.76. The maximum absolute atomic E-state index is 10.1. The van der Waals surface area contributed by atoms with Gasteiger partial charge in [-0.25, -0.2) is 0 Å². The van der Waals surface area contributed by atoms with Gasteiger partial charge in [-0.1, -0.05) is 0 Å². The summed E-state index contributed by atoms with van der Waals surface area (Å²) in [5, 5.41) is 2.68. The number of hydrogen-bond acceptors (Lipinski definition) is 1. The largest absolute Gasteiger partial charge is 0.356 e. The van der Waals surface area contributed by atoms with Gasteiger partial charge in [-0.15, -0.1) is 0 Å². The van der Waals surface area contributed by atoms with Gasteiger partial charge in [0.15, 0.2) is 0 Å².